The van der Waals surface area contributed by atoms with Gasteiger partial charge in [-0.1, -0.05) is 49.4 Å². The van der Waals surface area contributed by atoms with Gasteiger partial charge in [-0.3, -0.25) is 9.79 Å². The van der Waals surface area contributed by atoms with Gasteiger partial charge in [-0.2, -0.15) is 0 Å². The van der Waals surface area contributed by atoms with Crippen LogP contribution in [-0.4, -0.2) is 18.7 Å². The van der Waals surface area contributed by atoms with Crippen molar-refractivity contribution in [2.24, 2.45) is 4.99 Å². The second-order valence-corrected chi connectivity index (χ2v) is 4.44. The molecule has 0 heterocycles. The van der Waals surface area contributed by atoms with Gasteiger partial charge in [-0.05, 0) is 24.1 Å². The van der Waals surface area contributed by atoms with E-state index in [1.54, 1.807) is 12.3 Å². The fraction of sp³-hybridized carbons (Fsp3) is 0.176. The number of carbonyl (C=O) groups is 1. The van der Waals surface area contributed by atoms with Crippen LogP contribution in [0, 0.1) is 0 Å². The summed E-state index contributed by atoms with van der Waals surface area (Å²) in [4.78, 5) is 16.5. The van der Waals surface area contributed by atoms with E-state index in [2.05, 4.69) is 10.3 Å². The molecule has 3 heteroatoms. The molecular weight excluding hydrogens is 248 g/mol. The fourth-order valence-corrected chi connectivity index (χ4v) is 1.80. The maximum absolute atomic E-state index is 12.1. The number of aliphatic imine (C=N–C) groups is 1. The first-order chi connectivity index (χ1) is 9.81. The van der Waals surface area contributed by atoms with Crippen molar-refractivity contribution in [2.45, 2.75) is 13.3 Å². The van der Waals surface area contributed by atoms with Crippen molar-refractivity contribution in [1.29, 1.82) is 0 Å². The quantitative estimate of drug-likeness (QED) is 0.826. The molecule has 0 unspecified atom stereocenters. The van der Waals surface area contributed by atoms with Gasteiger partial charge in [0, 0.05) is 12.8 Å². The summed E-state index contributed by atoms with van der Waals surface area (Å²) in [5, 5.41) is 2.87. The summed E-state index contributed by atoms with van der Waals surface area (Å²) >= 11 is 0. The Kier molecular flexibility index (Phi) is 5.07. The third-order valence-corrected chi connectivity index (χ3v) is 2.84. The molecule has 0 aliphatic carbocycles. The Bertz CT molecular complexity index is 591. The van der Waals surface area contributed by atoms with E-state index in [-0.39, 0.29) is 5.91 Å². The minimum absolute atomic E-state index is 0.0762. The van der Waals surface area contributed by atoms with E-state index in [9.17, 15) is 4.79 Å². The Balaban J connectivity index is 2.20. The van der Waals surface area contributed by atoms with E-state index in [1.165, 1.54) is 0 Å². The number of rotatable bonds is 5. The predicted molar refractivity (Wildman–Crippen MR) is 82.8 cm³/mol. The van der Waals surface area contributed by atoms with Crippen LogP contribution in [0.3, 0.4) is 0 Å². The van der Waals surface area contributed by atoms with Crippen molar-refractivity contribution in [3.8, 4) is 0 Å². The second kappa shape index (κ2) is 7.24. The van der Waals surface area contributed by atoms with Gasteiger partial charge in [-0.15, -0.1) is 0 Å². The van der Waals surface area contributed by atoms with Crippen molar-refractivity contribution in [3.05, 3.63) is 65.7 Å². The van der Waals surface area contributed by atoms with Gasteiger partial charge >= 0.3 is 0 Å². The summed E-state index contributed by atoms with van der Waals surface area (Å²) in [5.74, 6) is -0.0762. The Morgan fingerprint density at radius 3 is 2.55 bits per heavy atom. The van der Waals surface area contributed by atoms with E-state index in [1.807, 2.05) is 55.5 Å². The van der Waals surface area contributed by atoms with Gasteiger partial charge in [0.25, 0.3) is 5.91 Å². The normalized spacial score (nSPS) is 10.7. The lowest BCUT2D eigenvalue weighted by atomic mass is 10.1. The van der Waals surface area contributed by atoms with Crippen LogP contribution in [0.4, 0.5) is 5.69 Å². The van der Waals surface area contributed by atoms with E-state index < -0.39 is 0 Å². The molecule has 2 rings (SSSR count). The SMILES string of the molecule is CCCNC(=O)c1ccccc1N=Cc1ccccc1. The molecule has 2 aromatic rings. The molecule has 0 aliphatic rings. The van der Waals surface area contributed by atoms with Gasteiger partial charge < -0.3 is 5.32 Å². The Labute approximate surface area is 119 Å². The lowest BCUT2D eigenvalue weighted by Crippen LogP contribution is -2.23. The highest BCUT2D eigenvalue weighted by Crippen LogP contribution is 2.18. The van der Waals surface area contributed by atoms with Gasteiger partial charge in [0.1, 0.15) is 0 Å². The monoisotopic (exact) mass is 266 g/mol. The van der Waals surface area contributed by atoms with Gasteiger partial charge in [0.05, 0.1) is 11.3 Å². The molecule has 2 aromatic carbocycles. The Hall–Kier alpha value is -2.42. The van der Waals surface area contributed by atoms with Crippen molar-refractivity contribution in [3.63, 3.8) is 0 Å². The molecule has 0 aliphatic heterocycles. The molecule has 0 bridgehead atoms. The first kappa shape index (κ1) is 14.0. The van der Waals surface area contributed by atoms with Crippen LogP contribution in [0.5, 0.6) is 0 Å². The minimum atomic E-state index is -0.0762. The second-order valence-electron chi connectivity index (χ2n) is 4.44. The topological polar surface area (TPSA) is 41.5 Å². The largest absolute Gasteiger partial charge is 0.352 e. The zero-order chi connectivity index (χ0) is 14.2. The van der Waals surface area contributed by atoms with Gasteiger partial charge in [0.15, 0.2) is 0 Å². The van der Waals surface area contributed by atoms with E-state index in [0.717, 1.165) is 12.0 Å². The predicted octanol–water partition coefficient (Wildman–Crippen LogP) is 3.58. The van der Waals surface area contributed by atoms with Crippen molar-refractivity contribution in [2.75, 3.05) is 6.54 Å². The molecule has 102 valence electrons. The number of carbonyl (C=O) groups excluding carboxylic acids is 1. The van der Waals surface area contributed by atoms with Crippen LogP contribution in [0.25, 0.3) is 0 Å². The number of hydrogen-bond donors (Lipinski definition) is 1. The molecule has 0 saturated heterocycles. The molecule has 0 atom stereocenters. The van der Waals surface area contributed by atoms with Crippen LogP contribution in [-0.2, 0) is 0 Å². The maximum atomic E-state index is 12.1. The number of nitrogens with one attached hydrogen (secondary N) is 1. The first-order valence-corrected chi connectivity index (χ1v) is 6.77. The summed E-state index contributed by atoms with van der Waals surface area (Å²) in [6.07, 6.45) is 2.69. The molecule has 20 heavy (non-hydrogen) atoms. The first-order valence-electron chi connectivity index (χ1n) is 6.77. The number of para-hydroxylation sites is 1. The standard InChI is InChI=1S/C17H18N2O/c1-2-12-18-17(20)15-10-6-7-11-16(15)19-13-14-8-4-3-5-9-14/h3-11,13H,2,12H2,1H3,(H,18,20). The molecule has 3 nitrogen and oxygen atoms in total. The zero-order valence-electron chi connectivity index (χ0n) is 11.5. The molecule has 1 N–H and O–H groups in total. The molecule has 0 radical (unpaired) electrons. The third kappa shape index (κ3) is 3.79. The van der Waals surface area contributed by atoms with Gasteiger partial charge in [0.2, 0.25) is 0 Å². The lowest BCUT2D eigenvalue weighted by Gasteiger charge is -2.06. The number of hydrogen-bond acceptors (Lipinski definition) is 2. The number of amides is 1. The summed E-state index contributed by atoms with van der Waals surface area (Å²) in [6.45, 7) is 2.70. The summed E-state index contributed by atoms with van der Waals surface area (Å²) in [5.41, 5.74) is 2.30. The molecular formula is C17H18N2O. The van der Waals surface area contributed by atoms with Crippen LogP contribution < -0.4 is 5.32 Å². The van der Waals surface area contributed by atoms with Crippen LogP contribution in [0.2, 0.25) is 0 Å². The summed E-state index contributed by atoms with van der Waals surface area (Å²) in [6, 6.07) is 17.2. The van der Waals surface area contributed by atoms with Crippen LogP contribution in [0.1, 0.15) is 29.3 Å². The molecule has 1 amide bonds. The minimum Gasteiger partial charge on any atom is -0.352 e. The highest BCUT2D eigenvalue weighted by molar-refractivity contribution is 5.99. The summed E-state index contributed by atoms with van der Waals surface area (Å²) in [7, 11) is 0. The third-order valence-electron chi connectivity index (χ3n) is 2.84. The lowest BCUT2D eigenvalue weighted by molar-refractivity contribution is 0.0954. The number of nitrogens with zero attached hydrogens (tertiary/aromatic N) is 1. The number of benzene rings is 2. The smallest absolute Gasteiger partial charge is 0.253 e. The van der Waals surface area contributed by atoms with Gasteiger partial charge in [-0.25, -0.2) is 0 Å². The average Bonchev–Trinajstić information content (AvgIpc) is 2.52. The Morgan fingerprint density at radius 2 is 1.80 bits per heavy atom. The molecule has 0 spiro atoms. The van der Waals surface area contributed by atoms with Crippen LogP contribution >= 0.6 is 0 Å². The molecule has 0 saturated carbocycles. The average molecular weight is 266 g/mol. The van der Waals surface area contributed by atoms with Crippen LogP contribution in [0.15, 0.2) is 59.6 Å². The highest BCUT2D eigenvalue weighted by atomic mass is 16.1. The molecule has 0 aromatic heterocycles. The van der Waals surface area contributed by atoms with Crippen molar-refractivity contribution in [1.82, 2.24) is 5.32 Å². The summed E-state index contributed by atoms with van der Waals surface area (Å²) < 4.78 is 0. The van der Waals surface area contributed by atoms with E-state index in [4.69, 9.17) is 0 Å². The Morgan fingerprint density at radius 1 is 1.10 bits per heavy atom. The fourth-order valence-electron chi connectivity index (χ4n) is 1.80. The zero-order valence-corrected chi connectivity index (χ0v) is 11.5. The molecule has 0 fully saturated rings. The van der Waals surface area contributed by atoms with Crippen molar-refractivity contribution < 1.29 is 4.79 Å². The van der Waals surface area contributed by atoms with E-state index >= 15 is 0 Å². The van der Waals surface area contributed by atoms with E-state index in [0.29, 0.717) is 17.8 Å². The maximum Gasteiger partial charge on any atom is 0.253 e. The van der Waals surface area contributed by atoms with Crippen molar-refractivity contribution >= 4 is 17.8 Å². The highest BCUT2D eigenvalue weighted by Gasteiger charge is 2.08.